The van der Waals surface area contributed by atoms with Crippen LogP contribution in [0.1, 0.15) is 55.3 Å². The predicted octanol–water partition coefficient (Wildman–Crippen LogP) is 0.0401. The molecule has 3 N–H and O–H groups in total. The van der Waals surface area contributed by atoms with E-state index in [9.17, 15) is 19.2 Å². The number of aromatic nitrogens is 2. The number of nitrogens with one attached hydrogen (secondary N) is 3. The monoisotopic (exact) mass is 457 g/mol. The Morgan fingerprint density at radius 1 is 0.970 bits per heavy atom. The first kappa shape index (κ1) is 22.9. The summed E-state index contributed by atoms with van der Waals surface area (Å²) in [6, 6.07) is -1.64. The van der Waals surface area contributed by atoms with Gasteiger partial charge in [0.05, 0.1) is 12.1 Å². The molecule has 3 fully saturated rings. The largest absolute Gasteiger partial charge is 0.354 e. The molecular weight excluding hydrogens is 426 g/mol. The summed E-state index contributed by atoms with van der Waals surface area (Å²) >= 11 is 0. The molecule has 1 saturated carbocycles. The zero-order valence-corrected chi connectivity index (χ0v) is 18.7. The summed E-state index contributed by atoms with van der Waals surface area (Å²) in [4.78, 5) is 62.3. The fourth-order valence-electron chi connectivity index (χ4n) is 4.70. The highest BCUT2D eigenvalue weighted by Gasteiger charge is 2.39. The Labute approximate surface area is 192 Å². The van der Waals surface area contributed by atoms with Crippen molar-refractivity contribution in [2.75, 3.05) is 26.2 Å². The van der Waals surface area contributed by atoms with Crippen molar-refractivity contribution in [2.45, 2.75) is 63.1 Å². The van der Waals surface area contributed by atoms with Crippen LogP contribution in [0.25, 0.3) is 0 Å². The fourth-order valence-corrected chi connectivity index (χ4v) is 4.70. The van der Waals surface area contributed by atoms with Gasteiger partial charge in [-0.2, -0.15) is 0 Å². The highest BCUT2D eigenvalue weighted by Crippen LogP contribution is 2.19. The van der Waals surface area contributed by atoms with E-state index in [1.54, 1.807) is 4.90 Å². The third kappa shape index (κ3) is 5.58. The minimum Gasteiger partial charge on any atom is -0.354 e. The number of hydrogen-bond acceptors (Lipinski definition) is 6. The van der Waals surface area contributed by atoms with Crippen molar-refractivity contribution >= 4 is 23.8 Å². The minimum absolute atomic E-state index is 0.0537. The second-order valence-corrected chi connectivity index (χ2v) is 8.87. The third-order valence-electron chi connectivity index (χ3n) is 6.57. The summed E-state index contributed by atoms with van der Waals surface area (Å²) in [5, 5.41) is 8.61. The molecule has 11 heteroatoms. The van der Waals surface area contributed by atoms with Crippen LogP contribution in [0.3, 0.4) is 0 Å². The van der Waals surface area contributed by atoms with Gasteiger partial charge in [0, 0.05) is 38.1 Å². The van der Waals surface area contributed by atoms with Crippen LogP contribution in [0.4, 0.5) is 4.79 Å². The first-order chi connectivity index (χ1) is 16.0. The van der Waals surface area contributed by atoms with Gasteiger partial charge in [0.25, 0.3) is 5.91 Å². The second-order valence-electron chi connectivity index (χ2n) is 8.87. The molecule has 1 aliphatic carbocycles. The Morgan fingerprint density at radius 2 is 1.73 bits per heavy atom. The van der Waals surface area contributed by atoms with Gasteiger partial charge in [0.1, 0.15) is 18.4 Å². The Bertz CT molecular complexity index is 875. The second kappa shape index (κ2) is 10.6. The van der Waals surface area contributed by atoms with Gasteiger partial charge in [-0.1, -0.05) is 19.3 Å². The SMILES string of the molecule is O=C1NCCC[C@@H]1NC(=O)[C@H]1CN(C(=O)NC2CCCCC2)CCN1C(=O)c1cncnc1. The predicted molar refractivity (Wildman–Crippen MR) is 118 cm³/mol. The first-order valence-corrected chi connectivity index (χ1v) is 11.7. The van der Waals surface area contributed by atoms with Crippen LogP contribution in [-0.2, 0) is 9.59 Å². The number of urea groups is 1. The molecule has 1 aromatic rings. The number of piperidine rings is 1. The van der Waals surface area contributed by atoms with Crippen LogP contribution >= 0.6 is 0 Å². The number of carbonyl (C=O) groups excluding carboxylic acids is 4. The zero-order chi connectivity index (χ0) is 23.2. The van der Waals surface area contributed by atoms with E-state index in [0.717, 1.165) is 32.1 Å². The molecule has 178 valence electrons. The molecule has 0 radical (unpaired) electrons. The summed E-state index contributed by atoms with van der Waals surface area (Å²) in [6.07, 6.45) is 10.7. The molecule has 0 unspecified atom stereocenters. The molecule has 11 nitrogen and oxygen atoms in total. The maximum Gasteiger partial charge on any atom is 0.317 e. The summed E-state index contributed by atoms with van der Waals surface area (Å²) in [7, 11) is 0. The lowest BCUT2D eigenvalue weighted by atomic mass is 9.96. The summed E-state index contributed by atoms with van der Waals surface area (Å²) < 4.78 is 0. The molecule has 5 amide bonds. The van der Waals surface area contributed by atoms with Crippen molar-refractivity contribution in [3.63, 3.8) is 0 Å². The van der Waals surface area contributed by atoms with Crippen LogP contribution < -0.4 is 16.0 Å². The lowest BCUT2D eigenvalue weighted by molar-refractivity contribution is -0.133. The van der Waals surface area contributed by atoms with Crippen molar-refractivity contribution in [2.24, 2.45) is 0 Å². The molecule has 1 aromatic heterocycles. The van der Waals surface area contributed by atoms with E-state index in [-0.39, 0.29) is 42.5 Å². The average molecular weight is 458 g/mol. The molecule has 2 atom stereocenters. The molecule has 4 rings (SSSR count). The van der Waals surface area contributed by atoms with Gasteiger partial charge in [0.2, 0.25) is 11.8 Å². The number of carbonyl (C=O) groups is 4. The van der Waals surface area contributed by atoms with Crippen molar-refractivity contribution in [1.29, 1.82) is 0 Å². The van der Waals surface area contributed by atoms with Gasteiger partial charge < -0.3 is 25.8 Å². The Morgan fingerprint density at radius 3 is 2.45 bits per heavy atom. The molecule has 2 aliphatic heterocycles. The van der Waals surface area contributed by atoms with Gasteiger partial charge in [-0.3, -0.25) is 14.4 Å². The number of amides is 5. The van der Waals surface area contributed by atoms with Gasteiger partial charge in [-0.05, 0) is 25.7 Å². The van der Waals surface area contributed by atoms with Crippen LogP contribution in [0.15, 0.2) is 18.7 Å². The van der Waals surface area contributed by atoms with E-state index >= 15 is 0 Å². The van der Waals surface area contributed by atoms with Crippen molar-refractivity contribution in [1.82, 2.24) is 35.7 Å². The number of piperazine rings is 1. The number of nitrogens with zero attached hydrogens (tertiary/aromatic N) is 4. The van der Waals surface area contributed by atoms with Gasteiger partial charge in [-0.25, -0.2) is 14.8 Å². The van der Waals surface area contributed by atoms with Crippen molar-refractivity contribution in [3.8, 4) is 0 Å². The molecule has 2 saturated heterocycles. The molecular formula is C22H31N7O4. The van der Waals surface area contributed by atoms with E-state index in [2.05, 4.69) is 25.9 Å². The summed E-state index contributed by atoms with van der Waals surface area (Å²) in [5.74, 6) is -1.06. The first-order valence-electron chi connectivity index (χ1n) is 11.7. The Hall–Kier alpha value is -3.24. The van der Waals surface area contributed by atoms with Crippen LogP contribution in [0.5, 0.6) is 0 Å². The van der Waals surface area contributed by atoms with E-state index in [0.29, 0.717) is 19.5 Å². The molecule has 3 aliphatic rings. The standard InChI is InChI=1S/C22H31N7O4/c30-19-17(7-4-8-25-19)27-20(31)18-13-28(22(33)26-16-5-2-1-3-6-16)9-10-29(18)21(32)15-11-23-14-24-12-15/h11-12,14,16-18H,1-10,13H2,(H,25,30)(H,26,33)(H,27,31)/t17-,18+/m0/s1. The minimum atomic E-state index is -0.918. The average Bonchev–Trinajstić information content (AvgIpc) is 2.85. The van der Waals surface area contributed by atoms with E-state index in [1.807, 2.05) is 0 Å². The highest BCUT2D eigenvalue weighted by molar-refractivity contribution is 5.98. The third-order valence-corrected chi connectivity index (χ3v) is 6.57. The van der Waals surface area contributed by atoms with Crippen molar-refractivity contribution < 1.29 is 19.2 Å². The summed E-state index contributed by atoms with van der Waals surface area (Å²) in [5.41, 5.74) is 0.269. The normalized spacial score (nSPS) is 24.1. The lowest BCUT2D eigenvalue weighted by Gasteiger charge is -2.41. The van der Waals surface area contributed by atoms with Crippen LogP contribution in [0, 0.1) is 0 Å². The number of rotatable bonds is 4. The molecule has 0 bridgehead atoms. The van der Waals surface area contributed by atoms with Crippen LogP contribution in [-0.4, -0.2) is 87.8 Å². The topological polar surface area (TPSA) is 137 Å². The maximum atomic E-state index is 13.2. The fraction of sp³-hybridized carbons (Fsp3) is 0.636. The van der Waals surface area contributed by atoms with E-state index < -0.39 is 18.0 Å². The molecule has 0 aromatic carbocycles. The molecule has 3 heterocycles. The van der Waals surface area contributed by atoms with Gasteiger partial charge >= 0.3 is 6.03 Å². The van der Waals surface area contributed by atoms with Gasteiger partial charge in [-0.15, -0.1) is 0 Å². The smallest absolute Gasteiger partial charge is 0.317 e. The lowest BCUT2D eigenvalue weighted by Crippen LogP contribution is -2.64. The Balaban J connectivity index is 1.48. The van der Waals surface area contributed by atoms with Crippen molar-refractivity contribution in [3.05, 3.63) is 24.3 Å². The van der Waals surface area contributed by atoms with E-state index in [4.69, 9.17) is 0 Å². The highest BCUT2D eigenvalue weighted by atomic mass is 16.2. The zero-order valence-electron chi connectivity index (χ0n) is 18.7. The summed E-state index contributed by atoms with van der Waals surface area (Å²) in [6.45, 7) is 1.15. The quantitative estimate of drug-likeness (QED) is 0.584. The van der Waals surface area contributed by atoms with Gasteiger partial charge in [0.15, 0.2) is 0 Å². The van der Waals surface area contributed by atoms with E-state index in [1.165, 1.54) is 30.0 Å². The molecule has 33 heavy (non-hydrogen) atoms. The maximum absolute atomic E-state index is 13.2. The molecule has 0 spiro atoms. The van der Waals surface area contributed by atoms with Crippen LogP contribution in [0.2, 0.25) is 0 Å². The number of hydrogen-bond donors (Lipinski definition) is 3. The Kier molecular flexibility index (Phi) is 7.36.